The Hall–Kier alpha value is -1.29. The normalized spacial score (nSPS) is 30.0. The van der Waals surface area contributed by atoms with E-state index in [4.69, 9.17) is 9.11 Å². The summed E-state index contributed by atoms with van der Waals surface area (Å²) in [6, 6.07) is 5.99. The highest BCUT2D eigenvalue weighted by molar-refractivity contribution is 7.87. The molecule has 26 heavy (non-hydrogen) atoms. The average molecular weight is 405 g/mol. The second kappa shape index (κ2) is 6.40. The maximum absolute atomic E-state index is 12.0. The van der Waals surface area contributed by atoms with Crippen LogP contribution >= 0.6 is 0 Å². The van der Waals surface area contributed by atoms with E-state index in [9.17, 15) is 21.6 Å². The third-order valence-electron chi connectivity index (χ3n) is 6.11. The number of benzene rings is 1. The Balaban J connectivity index is 0.000000197. The minimum Gasteiger partial charge on any atom is -0.297 e. The Labute approximate surface area is 154 Å². The molecule has 3 rings (SSSR count). The van der Waals surface area contributed by atoms with E-state index in [0.717, 1.165) is 12.0 Å². The SMILES string of the molecule is CC12CCC(C(S(=O)(=O)O)C1=O)C2(C)C.Cc1ccc(S(=O)(=O)O)cc1. The van der Waals surface area contributed by atoms with Crippen LogP contribution in [0.2, 0.25) is 0 Å². The van der Waals surface area contributed by atoms with Crippen molar-refractivity contribution in [3.05, 3.63) is 29.8 Å². The summed E-state index contributed by atoms with van der Waals surface area (Å²) in [5.74, 6) is -0.531. The van der Waals surface area contributed by atoms with Crippen molar-refractivity contribution < 1.29 is 30.7 Å². The molecule has 2 N–H and O–H groups in total. The molecule has 2 saturated carbocycles. The molecule has 0 spiro atoms. The quantitative estimate of drug-likeness (QED) is 0.725. The van der Waals surface area contributed by atoms with E-state index < -0.39 is 30.9 Å². The van der Waals surface area contributed by atoms with Crippen LogP contribution in [0.15, 0.2) is 29.2 Å². The molecule has 2 aliphatic carbocycles. The summed E-state index contributed by atoms with van der Waals surface area (Å²) in [5.41, 5.74) is 0.0419. The van der Waals surface area contributed by atoms with E-state index in [1.54, 1.807) is 12.1 Å². The topological polar surface area (TPSA) is 126 Å². The lowest BCUT2D eigenvalue weighted by Crippen LogP contribution is -2.38. The fourth-order valence-electron chi connectivity index (χ4n) is 4.06. The number of Topliss-reactive ketones (excluding diaryl/α,β-unsaturated/α-hetero) is 1. The molecule has 9 heteroatoms. The van der Waals surface area contributed by atoms with E-state index in [2.05, 4.69) is 0 Å². The second-order valence-corrected chi connectivity index (χ2v) is 10.7. The zero-order valence-electron chi connectivity index (χ0n) is 15.1. The van der Waals surface area contributed by atoms with Crippen LogP contribution in [0.5, 0.6) is 0 Å². The first-order valence-electron chi connectivity index (χ1n) is 8.17. The summed E-state index contributed by atoms with van der Waals surface area (Å²) in [6.45, 7) is 7.51. The van der Waals surface area contributed by atoms with Gasteiger partial charge in [0, 0.05) is 5.41 Å². The van der Waals surface area contributed by atoms with Crippen molar-refractivity contribution in [2.45, 2.75) is 50.7 Å². The molecule has 3 unspecified atom stereocenters. The predicted molar refractivity (Wildman–Crippen MR) is 95.9 cm³/mol. The molecule has 2 bridgehead atoms. The average Bonchev–Trinajstić information content (AvgIpc) is 2.78. The number of fused-ring (bicyclic) bond motifs is 2. The van der Waals surface area contributed by atoms with Crippen LogP contribution < -0.4 is 0 Å². The van der Waals surface area contributed by atoms with Crippen LogP contribution in [0.25, 0.3) is 0 Å². The molecule has 0 amide bonds. The van der Waals surface area contributed by atoms with Crippen molar-refractivity contribution in [3.8, 4) is 0 Å². The van der Waals surface area contributed by atoms with Crippen molar-refractivity contribution in [1.82, 2.24) is 0 Å². The minimum absolute atomic E-state index is 0.0666. The van der Waals surface area contributed by atoms with Gasteiger partial charge in [-0.05, 0) is 43.2 Å². The fourth-order valence-corrected chi connectivity index (χ4v) is 5.96. The van der Waals surface area contributed by atoms with Gasteiger partial charge in [-0.3, -0.25) is 13.9 Å². The first-order chi connectivity index (χ1) is 11.6. The lowest BCUT2D eigenvalue weighted by Gasteiger charge is -2.32. The van der Waals surface area contributed by atoms with Crippen LogP contribution in [0.3, 0.4) is 0 Å². The molecular formula is C17H24O7S2. The van der Waals surface area contributed by atoms with Crippen molar-refractivity contribution in [2.75, 3.05) is 0 Å². The molecule has 2 fully saturated rings. The van der Waals surface area contributed by atoms with Crippen LogP contribution in [-0.4, -0.2) is 37.0 Å². The Morgan fingerprint density at radius 3 is 1.81 bits per heavy atom. The van der Waals surface area contributed by atoms with Crippen molar-refractivity contribution in [3.63, 3.8) is 0 Å². The van der Waals surface area contributed by atoms with Gasteiger partial charge in [-0.25, -0.2) is 0 Å². The third-order valence-corrected chi connectivity index (χ3v) is 8.16. The van der Waals surface area contributed by atoms with Crippen LogP contribution in [0.1, 0.15) is 39.2 Å². The van der Waals surface area contributed by atoms with Crippen molar-refractivity contribution in [2.24, 2.45) is 16.7 Å². The van der Waals surface area contributed by atoms with Crippen LogP contribution in [0, 0.1) is 23.7 Å². The summed E-state index contributed by atoms with van der Waals surface area (Å²) < 4.78 is 61.1. The molecule has 0 aromatic heterocycles. The monoisotopic (exact) mass is 404 g/mol. The predicted octanol–water partition coefficient (Wildman–Crippen LogP) is 2.51. The molecule has 0 aliphatic heterocycles. The van der Waals surface area contributed by atoms with Gasteiger partial charge in [0.1, 0.15) is 5.25 Å². The van der Waals surface area contributed by atoms with Gasteiger partial charge in [0.25, 0.3) is 20.2 Å². The molecule has 146 valence electrons. The molecule has 0 heterocycles. The fraction of sp³-hybridized carbons (Fsp3) is 0.588. The van der Waals surface area contributed by atoms with Crippen LogP contribution in [-0.2, 0) is 25.0 Å². The molecule has 2 aliphatic rings. The highest BCUT2D eigenvalue weighted by Gasteiger charge is 2.69. The van der Waals surface area contributed by atoms with Gasteiger partial charge in [-0.2, -0.15) is 16.8 Å². The van der Waals surface area contributed by atoms with Gasteiger partial charge in [-0.1, -0.05) is 38.5 Å². The third kappa shape index (κ3) is 3.45. The van der Waals surface area contributed by atoms with E-state index in [1.165, 1.54) is 12.1 Å². The summed E-state index contributed by atoms with van der Waals surface area (Å²) in [4.78, 5) is 11.9. The van der Waals surface area contributed by atoms with E-state index in [0.29, 0.717) is 6.42 Å². The maximum atomic E-state index is 12.0. The van der Waals surface area contributed by atoms with E-state index in [1.807, 2.05) is 27.7 Å². The number of hydrogen-bond acceptors (Lipinski definition) is 5. The van der Waals surface area contributed by atoms with Gasteiger partial charge in [0.15, 0.2) is 5.78 Å². The van der Waals surface area contributed by atoms with Gasteiger partial charge in [-0.15, -0.1) is 0 Å². The van der Waals surface area contributed by atoms with Crippen molar-refractivity contribution in [1.29, 1.82) is 0 Å². The maximum Gasteiger partial charge on any atom is 0.294 e. The lowest BCUT2D eigenvalue weighted by atomic mass is 9.70. The summed E-state index contributed by atoms with van der Waals surface area (Å²) in [7, 11) is -8.26. The summed E-state index contributed by atoms with van der Waals surface area (Å²) in [6.07, 6.45) is 1.44. The Morgan fingerprint density at radius 1 is 1.00 bits per heavy atom. The highest BCUT2D eigenvalue weighted by Crippen LogP contribution is 2.64. The van der Waals surface area contributed by atoms with Gasteiger partial charge >= 0.3 is 0 Å². The van der Waals surface area contributed by atoms with Gasteiger partial charge in [0.05, 0.1) is 4.90 Å². The van der Waals surface area contributed by atoms with E-state index in [-0.39, 0.29) is 22.0 Å². The molecule has 0 radical (unpaired) electrons. The molecule has 3 atom stereocenters. The number of aryl methyl sites for hydroxylation is 1. The second-order valence-electron chi connectivity index (χ2n) is 7.79. The zero-order valence-corrected chi connectivity index (χ0v) is 16.8. The molecule has 0 saturated heterocycles. The molecular weight excluding hydrogens is 380 g/mol. The molecule has 7 nitrogen and oxygen atoms in total. The summed E-state index contributed by atoms with van der Waals surface area (Å²) >= 11 is 0. The minimum atomic E-state index is -4.24. The number of hydrogen-bond donors (Lipinski definition) is 2. The number of carbonyl (C=O) groups is 1. The Bertz CT molecular complexity index is 914. The first kappa shape index (κ1) is 21.0. The Kier molecular flexibility index (Phi) is 5.17. The number of carbonyl (C=O) groups excluding carboxylic acids is 1. The smallest absolute Gasteiger partial charge is 0.294 e. The standard InChI is InChI=1S/C10H16O4S.C7H8O3S/c1-9(2)6-4-5-10(9,3)8(11)7(6)15(12,13)14;1-6-2-4-7(5-3-6)11(8,9)10/h6-7H,4-5H2,1-3H3,(H,12,13,14);2-5H,1H3,(H,8,9,10). The van der Waals surface area contributed by atoms with Gasteiger partial charge < -0.3 is 0 Å². The molecule has 1 aromatic carbocycles. The number of ketones is 1. The van der Waals surface area contributed by atoms with Gasteiger partial charge in [0.2, 0.25) is 0 Å². The highest BCUT2D eigenvalue weighted by atomic mass is 32.2. The lowest BCUT2D eigenvalue weighted by molar-refractivity contribution is -0.128. The first-order valence-corrected chi connectivity index (χ1v) is 11.1. The van der Waals surface area contributed by atoms with Crippen LogP contribution in [0.4, 0.5) is 0 Å². The molecule has 1 aromatic rings. The summed E-state index contributed by atoms with van der Waals surface area (Å²) in [5, 5.41) is -1.19. The number of rotatable bonds is 2. The zero-order chi connectivity index (χ0) is 20.1. The van der Waals surface area contributed by atoms with Crippen molar-refractivity contribution >= 4 is 26.0 Å². The Morgan fingerprint density at radius 2 is 1.50 bits per heavy atom. The largest absolute Gasteiger partial charge is 0.297 e. The van der Waals surface area contributed by atoms with E-state index >= 15 is 0 Å².